The third-order valence-electron chi connectivity index (χ3n) is 2.78. The van der Waals surface area contributed by atoms with Gasteiger partial charge in [0.15, 0.2) is 0 Å². The number of nitrogens with zero attached hydrogens (tertiary/aromatic N) is 2. The lowest BCUT2D eigenvalue weighted by Crippen LogP contribution is -2.19. The summed E-state index contributed by atoms with van der Waals surface area (Å²) >= 11 is 1.98. The van der Waals surface area contributed by atoms with Crippen molar-refractivity contribution in [1.82, 2.24) is 9.97 Å². The van der Waals surface area contributed by atoms with Gasteiger partial charge in [-0.15, -0.1) is 0 Å². The molecule has 102 valence electrons. The summed E-state index contributed by atoms with van der Waals surface area (Å²) in [7, 11) is 1.89. The standard InChI is InChI=1S/C13H24N4S/c1-6-18-8-7-9(2)15-13-10(3)12(14-5)16-11(4)17-13/h9H,6-8H2,1-5H3,(H2,14,15,16,17). The number of aryl methyl sites for hydroxylation is 1. The van der Waals surface area contributed by atoms with E-state index in [-0.39, 0.29) is 0 Å². The van der Waals surface area contributed by atoms with Crippen LogP contribution in [-0.2, 0) is 0 Å². The second-order valence-corrected chi connectivity index (χ2v) is 5.77. The molecule has 0 bridgehead atoms. The van der Waals surface area contributed by atoms with Crippen LogP contribution in [-0.4, -0.2) is 34.6 Å². The van der Waals surface area contributed by atoms with E-state index in [2.05, 4.69) is 34.4 Å². The van der Waals surface area contributed by atoms with Gasteiger partial charge in [-0.2, -0.15) is 11.8 Å². The molecule has 0 aliphatic heterocycles. The van der Waals surface area contributed by atoms with Crippen molar-refractivity contribution in [2.24, 2.45) is 0 Å². The summed E-state index contributed by atoms with van der Waals surface area (Å²) in [5.74, 6) is 5.01. The summed E-state index contributed by atoms with van der Waals surface area (Å²) in [6, 6.07) is 0.432. The van der Waals surface area contributed by atoms with E-state index in [1.807, 2.05) is 32.7 Å². The maximum atomic E-state index is 4.48. The summed E-state index contributed by atoms with van der Waals surface area (Å²) in [6.45, 7) is 8.36. The molecule has 1 heterocycles. The van der Waals surface area contributed by atoms with Crippen molar-refractivity contribution in [3.8, 4) is 0 Å². The van der Waals surface area contributed by atoms with Gasteiger partial charge in [0, 0.05) is 18.7 Å². The molecule has 0 aliphatic rings. The summed E-state index contributed by atoms with van der Waals surface area (Å²) in [5.41, 5.74) is 1.08. The Bertz CT molecular complexity index is 381. The highest BCUT2D eigenvalue weighted by molar-refractivity contribution is 7.99. The molecule has 5 heteroatoms. The molecular formula is C13H24N4S. The molecule has 0 amide bonds. The molecule has 18 heavy (non-hydrogen) atoms. The Morgan fingerprint density at radius 2 is 1.89 bits per heavy atom. The first-order valence-electron chi connectivity index (χ1n) is 6.45. The van der Waals surface area contributed by atoms with Gasteiger partial charge in [0.05, 0.1) is 0 Å². The zero-order valence-electron chi connectivity index (χ0n) is 12.0. The van der Waals surface area contributed by atoms with Gasteiger partial charge in [0.25, 0.3) is 0 Å². The van der Waals surface area contributed by atoms with Gasteiger partial charge in [-0.3, -0.25) is 0 Å². The van der Waals surface area contributed by atoms with Crippen molar-refractivity contribution >= 4 is 23.4 Å². The van der Waals surface area contributed by atoms with Gasteiger partial charge in [-0.25, -0.2) is 9.97 Å². The molecule has 0 spiro atoms. The number of nitrogens with one attached hydrogen (secondary N) is 2. The lowest BCUT2D eigenvalue weighted by molar-refractivity contribution is 0.762. The van der Waals surface area contributed by atoms with Crippen molar-refractivity contribution in [3.63, 3.8) is 0 Å². The van der Waals surface area contributed by atoms with E-state index in [0.717, 1.165) is 29.4 Å². The van der Waals surface area contributed by atoms with E-state index in [9.17, 15) is 0 Å². The minimum absolute atomic E-state index is 0.432. The number of hydrogen-bond acceptors (Lipinski definition) is 5. The number of thioether (sulfide) groups is 1. The van der Waals surface area contributed by atoms with E-state index in [4.69, 9.17) is 0 Å². The van der Waals surface area contributed by atoms with E-state index in [1.165, 1.54) is 11.5 Å². The Morgan fingerprint density at radius 1 is 1.22 bits per heavy atom. The molecule has 2 N–H and O–H groups in total. The van der Waals surface area contributed by atoms with E-state index in [0.29, 0.717) is 6.04 Å². The topological polar surface area (TPSA) is 49.8 Å². The summed E-state index contributed by atoms with van der Waals surface area (Å²) in [6.07, 6.45) is 1.15. The number of hydrogen-bond donors (Lipinski definition) is 2. The molecule has 1 aromatic heterocycles. The highest BCUT2D eigenvalue weighted by Crippen LogP contribution is 2.20. The molecule has 0 radical (unpaired) electrons. The maximum absolute atomic E-state index is 4.48. The highest BCUT2D eigenvalue weighted by atomic mass is 32.2. The van der Waals surface area contributed by atoms with E-state index >= 15 is 0 Å². The first-order chi connectivity index (χ1) is 8.58. The van der Waals surface area contributed by atoms with E-state index in [1.54, 1.807) is 0 Å². The fourth-order valence-electron chi connectivity index (χ4n) is 1.72. The Balaban J connectivity index is 2.68. The monoisotopic (exact) mass is 268 g/mol. The van der Waals surface area contributed by atoms with Gasteiger partial charge in [0.2, 0.25) is 0 Å². The van der Waals surface area contributed by atoms with Gasteiger partial charge in [0.1, 0.15) is 17.5 Å². The molecule has 1 aromatic rings. The Kier molecular flexibility index (Phi) is 6.25. The quantitative estimate of drug-likeness (QED) is 0.744. The van der Waals surface area contributed by atoms with Crippen LogP contribution in [0.15, 0.2) is 0 Å². The SMILES string of the molecule is CCSCCC(C)Nc1nc(C)nc(NC)c1C. The third-order valence-corrected chi connectivity index (χ3v) is 3.71. The van der Waals surface area contributed by atoms with E-state index < -0.39 is 0 Å². The molecule has 0 aliphatic carbocycles. The molecular weight excluding hydrogens is 244 g/mol. The number of rotatable bonds is 7. The fourth-order valence-corrected chi connectivity index (χ4v) is 2.53. The summed E-state index contributed by atoms with van der Waals surface area (Å²) < 4.78 is 0. The highest BCUT2D eigenvalue weighted by Gasteiger charge is 2.10. The fraction of sp³-hybridized carbons (Fsp3) is 0.692. The maximum Gasteiger partial charge on any atom is 0.134 e. The van der Waals surface area contributed by atoms with Gasteiger partial charge >= 0.3 is 0 Å². The predicted molar refractivity (Wildman–Crippen MR) is 81.8 cm³/mol. The van der Waals surface area contributed by atoms with Crippen LogP contribution in [0.1, 0.15) is 31.7 Å². The lowest BCUT2D eigenvalue weighted by atomic mass is 10.2. The Morgan fingerprint density at radius 3 is 2.50 bits per heavy atom. The van der Waals surface area contributed by atoms with Crippen LogP contribution in [0, 0.1) is 13.8 Å². The molecule has 1 rings (SSSR count). The molecule has 0 saturated carbocycles. The molecule has 1 atom stereocenters. The van der Waals surface area contributed by atoms with Crippen molar-refractivity contribution in [1.29, 1.82) is 0 Å². The average molecular weight is 268 g/mol. The first-order valence-corrected chi connectivity index (χ1v) is 7.61. The van der Waals surface area contributed by atoms with Gasteiger partial charge in [-0.1, -0.05) is 6.92 Å². The van der Waals surface area contributed by atoms with Gasteiger partial charge < -0.3 is 10.6 Å². The molecule has 1 unspecified atom stereocenters. The Labute approximate surface area is 114 Å². The van der Waals surface area contributed by atoms with Crippen LogP contribution in [0.4, 0.5) is 11.6 Å². The molecule has 0 aromatic carbocycles. The minimum atomic E-state index is 0.432. The van der Waals surface area contributed by atoms with Gasteiger partial charge in [-0.05, 0) is 38.7 Å². The third kappa shape index (κ3) is 4.37. The number of anilines is 2. The lowest BCUT2D eigenvalue weighted by Gasteiger charge is -2.17. The normalized spacial score (nSPS) is 12.3. The van der Waals surface area contributed by atoms with Crippen LogP contribution in [0.5, 0.6) is 0 Å². The minimum Gasteiger partial charge on any atom is -0.373 e. The van der Waals surface area contributed by atoms with Crippen LogP contribution < -0.4 is 10.6 Å². The Hall–Kier alpha value is -0.970. The van der Waals surface area contributed by atoms with Crippen molar-refractivity contribution in [2.45, 2.75) is 40.2 Å². The first kappa shape index (κ1) is 15.1. The van der Waals surface area contributed by atoms with Crippen molar-refractivity contribution in [3.05, 3.63) is 11.4 Å². The molecule has 4 nitrogen and oxygen atoms in total. The second-order valence-electron chi connectivity index (χ2n) is 4.37. The average Bonchev–Trinajstić information content (AvgIpc) is 2.33. The zero-order valence-corrected chi connectivity index (χ0v) is 12.8. The summed E-state index contributed by atoms with van der Waals surface area (Å²) in [4.78, 5) is 8.85. The van der Waals surface area contributed by atoms with Crippen LogP contribution in [0.3, 0.4) is 0 Å². The van der Waals surface area contributed by atoms with Crippen LogP contribution in [0.25, 0.3) is 0 Å². The predicted octanol–water partition coefficient (Wildman–Crippen LogP) is 3.08. The second kappa shape index (κ2) is 7.46. The number of aromatic nitrogens is 2. The van der Waals surface area contributed by atoms with Crippen molar-refractivity contribution < 1.29 is 0 Å². The van der Waals surface area contributed by atoms with Crippen LogP contribution in [0.2, 0.25) is 0 Å². The summed E-state index contributed by atoms with van der Waals surface area (Å²) in [5, 5.41) is 6.59. The van der Waals surface area contributed by atoms with Crippen LogP contribution >= 0.6 is 11.8 Å². The largest absolute Gasteiger partial charge is 0.373 e. The smallest absolute Gasteiger partial charge is 0.134 e. The molecule has 0 saturated heterocycles. The molecule has 0 fully saturated rings. The van der Waals surface area contributed by atoms with Crippen molar-refractivity contribution in [2.75, 3.05) is 29.2 Å². The zero-order chi connectivity index (χ0) is 13.5.